The Morgan fingerprint density at radius 1 is 1.58 bits per heavy atom. The summed E-state index contributed by atoms with van der Waals surface area (Å²) >= 11 is 0. The SMILES string of the molecule is O=C=CC(=O)Nc1ccccn1. The summed E-state index contributed by atoms with van der Waals surface area (Å²) in [5, 5.41) is 2.37. The molecule has 0 aliphatic rings. The Morgan fingerprint density at radius 2 is 2.42 bits per heavy atom. The number of rotatable bonds is 2. The minimum atomic E-state index is -0.524. The molecule has 0 spiro atoms. The second-order valence-electron chi connectivity index (χ2n) is 1.97. The Balaban J connectivity index is 2.64. The number of nitrogens with zero attached hydrogens (tertiary/aromatic N) is 1. The van der Waals surface area contributed by atoms with Crippen molar-refractivity contribution in [2.75, 3.05) is 5.32 Å². The highest BCUT2D eigenvalue weighted by atomic mass is 16.2. The third kappa shape index (κ3) is 2.36. The van der Waals surface area contributed by atoms with E-state index in [1.807, 2.05) is 0 Å². The molecule has 0 saturated carbocycles. The monoisotopic (exact) mass is 162 g/mol. The third-order valence-electron chi connectivity index (χ3n) is 1.11. The third-order valence-corrected chi connectivity index (χ3v) is 1.11. The van der Waals surface area contributed by atoms with Crippen LogP contribution in [0, 0.1) is 0 Å². The zero-order valence-electron chi connectivity index (χ0n) is 6.15. The van der Waals surface area contributed by atoms with Gasteiger partial charge in [0, 0.05) is 6.20 Å². The molecule has 1 rings (SSSR count). The van der Waals surface area contributed by atoms with E-state index in [9.17, 15) is 9.59 Å². The van der Waals surface area contributed by atoms with E-state index in [4.69, 9.17) is 0 Å². The molecule has 0 atom stereocenters. The number of anilines is 1. The predicted molar refractivity (Wildman–Crippen MR) is 43.1 cm³/mol. The first-order chi connectivity index (χ1) is 5.83. The second kappa shape index (κ2) is 4.05. The zero-order valence-corrected chi connectivity index (χ0v) is 6.15. The molecule has 0 saturated heterocycles. The second-order valence-corrected chi connectivity index (χ2v) is 1.97. The van der Waals surface area contributed by atoms with Gasteiger partial charge in [0.1, 0.15) is 11.8 Å². The van der Waals surface area contributed by atoms with E-state index in [0.29, 0.717) is 5.82 Å². The highest BCUT2D eigenvalue weighted by Crippen LogP contribution is 1.98. The molecular formula is C8H6N2O2. The normalized spacial score (nSPS) is 8.33. The van der Waals surface area contributed by atoms with Crippen LogP contribution in [0.1, 0.15) is 0 Å². The van der Waals surface area contributed by atoms with E-state index in [0.717, 1.165) is 6.08 Å². The van der Waals surface area contributed by atoms with E-state index in [1.54, 1.807) is 24.4 Å². The first-order valence-corrected chi connectivity index (χ1v) is 3.26. The maximum Gasteiger partial charge on any atom is 0.260 e. The van der Waals surface area contributed by atoms with Crippen LogP contribution in [0.25, 0.3) is 0 Å². The number of hydrogen-bond donors (Lipinski definition) is 1. The summed E-state index contributed by atoms with van der Waals surface area (Å²) in [6.07, 6.45) is 2.31. The lowest BCUT2D eigenvalue weighted by atomic mass is 10.4. The summed E-state index contributed by atoms with van der Waals surface area (Å²) in [6, 6.07) is 5.08. The fourth-order valence-electron chi connectivity index (χ4n) is 0.653. The average Bonchev–Trinajstić information content (AvgIpc) is 2.06. The molecule has 1 amide bonds. The van der Waals surface area contributed by atoms with Gasteiger partial charge in [-0.15, -0.1) is 0 Å². The van der Waals surface area contributed by atoms with Gasteiger partial charge in [0.2, 0.25) is 0 Å². The van der Waals surface area contributed by atoms with Crippen molar-refractivity contribution in [1.29, 1.82) is 0 Å². The van der Waals surface area contributed by atoms with Gasteiger partial charge < -0.3 is 5.32 Å². The summed E-state index contributed by atoms with van der Waals surface area (Å²) < 4.78 is 0. The van der Waals surface area contributed by atoms with Crippen molar-refractivity contribution < 1.29 is 9.59 Å². The summed E-state index contributed by atoms with van der Waals surface area (Å²) in [5.41, 5.74) is 0. The lowest BCUT2D eigenvalue weighted by Gasteiger charge is -1.97. The maximum absolute atomic E-state index is 10.7. The summed E-state index contributed by atoms with van der Waals surface area (Å²) in [4.78, 5) is 24.3. The molecule has 1 N–H and O–H groups in total. The molecule has 0 aromatic carbocycles. The van der Waals surface area contributed by atoms with Gasteiger partial charge in [-0.2, -0.15) is 0 Å². The standard InChI is InChI=1S/C8H6N2O2/c11-6-4-8(12)10-7-3-1-2-5-9-7/h1-5H,(H,9,10,12). The smallest absolute Gasteiger partial charge is 0.260 e. The van der Waals surface area contributed by atoms with Crippen molar-refractivity contribution in [1.82, 2.24) is 4.98 Å². The van der Waals surface area contributed by atoms with Gasteiger partial charge in [0.25, 0.3) is 5.91 Å². The molecule has 60 valence electrons. The number of carbonyl (C=O) groups is 1. The molecule has 0 aliphatic carbocycles. The molecule has 0 radical (unpaired) electrons. The van der Waals surface area contributed by atoms with Crippen LogP contribution in [0.4, 0.5) is 5.82 Å². The molecule has 4 nitrogen and oxygen atoms in total. The van der Waals surface area contributed by atoms with Crippen molar-refractivity contribution in [2.45, 2.75) is 0 Å². The van der Waals surface area contributed by atoms with Crippen LogP contribution >= 0.6 is 0 Å². The molecule has 1 aromatic heterocycles. The Morgan fingerprint density at radius 3 is 3.00 bits per heavy atom. The van der Waals surface area contributed by atoms with Crippen molar-refractivity contribution in [3.8, 4) is 0 Å². The molecule has 0 unspecified atom stereocenters. The summed E-state index contributed by atoms with van der Waals surface area (Å²) in [5.74, 6) is 1.26. The lowest BCUT2D eigenvalue weighted by molar-refractivity contribution is -0.111. The molecule has 0 aliphatic heterocycles. The number of pyridine rings is 1. The van der Waals surface area contributed by atoms with Crippen LogP contribution in [0.2, 0.25) is 0 Å². The fraction of sp³-hybridized carbons (Fsp3) is 0. The quantitative estimate of drug-likeness (QED) is 0.506. The predicted octanol–water partition coefficient (Wildman–Crippen LogP) is 0.408. The van der Waals surface area contributed by atoms with E-state index in [-0.39, 0.29) is 0 Å². The van der Waals surface area contributed by atoms with Crippen LogP contribution in [-0.4, -0.2) is 16.8 Å². The van der Waals surface area contributed by atoms with Gasteiger partial charge in [0.05, 0.1) is 6.08 Å². The van der Waals surface area contributed by atoms with Crippen LogP contribution in [0.5, 0.6) is 0 Å². The Bertz CT molecular complexity index is 315. The molecular weight excluding hydrogens is 156 g/mol. The molecule has 1 heterocycles. The summed E-state index contributed by atoms with van der Waals surface area (Å²) in [6.45, 7) is 0. The molecule has 1 aromatic rings. The minimum absolute atomic E-state index is 0.411. The van der Waals surface area contributed by atoms with E-state index in [1.165, 1.54) is 5.94 Å². The van der Waals surface area contributed by atoms with Gasteiger partial charge in [-0.05, 0) is 12.1 Å². The Hall–Kier alpha value is -1.93. The minimum Gasteiger partial charge on any atom is -0.306 e. The maximum atomic E-state index is 10.7. The summed E-state index contributed by atoms with van der Waals surface area (Å²) in [7, 11) is 0. The highest BCUT2D eigenvalue weighted by molar-refractivity contribution is 6.03. The van der Waals surface area contributed by atoms with E-state index >= 15 is 0 Å². The first kappa shape index (κ1) is 8.17. The number of hydrogen-bond acceptors (Lipinski definition) is 3. The van der Waals surface area contributed by atoms with E-state index < -0.39 is 5.91 Å². The highest BCUT2D eigenvalue weighted by Gasteiger charge is 1.96. The number of carbonyl (C=O) groups excluding carboxylic acids is 2. The van der Waals surface area contributed by atoms with Gasteiger partial charge in [-0.25, -0.2) is 9.78 Å². The molecule has 0 bridgehead atoms. The number of amides is 1. The van der Waals surface area contributed by atoms with Gasteiger partial charge in [-0.1, -0.05) is 6.07 Å². The van der Waals surface area contributed by atoms with Crippen molar-refractivity contribution >= 4 is 17.7 Å². The Labute approximate surface area is 68.9 Å². The number of aromatic nitrogens is 1. The average molecular weight is 162 g/mol. The zero-order chi connectivity index (χ0) is 8.81. The van der Waals surface area contributed by atoms with Crippen LogP contribution in [0.3, 0.4) is 0 Å². The van der Waals surface area contributed by atoms with Gasteiger partial charge >= 0.3 is 0 Å². The fourth-order valence-corrected chi connectivity index (χ4v) is 0.653. The van der Waals surface area contributed by atoms with Gasteiger partial charge in [-0.3, -0.25) is 4.79 Å². The molecule has 0 fully saturated rings. The first-order valence-electron chi connectivity index (χ1n) is 3.26. The number of nitrogens with one attached hydrogen (secondary N) is 1. The van der Waals surface area contributed by atoms with E-state index in [2.05, 4.69) is 10.3 Å². The van der Waals surface area contributed by atoms with Crippen molar-refractivity contribution in [3.05, 3.63) is 30.5 Å². The van der Waals surface area contributed by atoms with Gasteiger partial charge in [0.15, 0.2) is 0 Å². The van der Waals surface area contributed by atoms with Crippen LogP contribution in [0.15, 0.2) is 30.5 Å². The van der Waals surface area contributed by atoms with Crippen LogP contribution in [-0.2, 0) is 9.59 Å². The molecule has 12 heavy (non-hydrogen) atoms. The van der Waals surface area contributed by atoms with Crippen LogP contribution < -0.4 is 5.32 Å². The van der Waals surface area contributed by atoms with Crippen molar-refractivity contribution in [3.63, 3.8) is 0 Å². The topological polar surface area (TPSA) is 59.1 Å². The molecule has 4 heteroatoms. The van der Waals surface area contributed by atoms with Crippen molar-refractivity contribution in [2.24, 2.45) is 0 Å². The largest absolute Gasteiger partial charge is 0.306 e. The Kier molecular flexibility index (Phi) is 2.76. The lowest BCUT2D eigenvalue weighted by Crippen LogP contribution is -2.08.